The summed E-state index contributed by atoms with van der Waals surface area (Å²) in [6.07, 6.45) is 0.0536. The van der Waals surface area contributed by atoms with Gasteiger partial charge in [0.15, 0.2) is 5.78 Å². The highest BCUT2D eigenvalue weighted by atomic mass is 16.5. The van der Waals surface area contributed by atoms with Crippen molar-refractivity contribution in [1.82, 2.24) is 4.90 Å². The number of likely N-dealkylation sites (tertiary alicyclic amines) is 1. The highest BCUT2D eigenvalue weighted by Crippen LogP contribution is 2.05. The fourth-order valence-electron chi connectivity index (χ4n) is 1.26. The van der Waals surface area contributed by atoms with Crippen molar-refractivity contribution >= 4 is 11.7 Å². The van der Waals surface area contributed by atoms with Crippen molar-refractivity contribution in [1.29, 1.82) is 0 Å². The molecule has 1 heterocycles. The van der Waals surface area contributed by atoms with E-state index in [4.69, 9.17) is 9.47 Å². The van der Waals surface area contributed by atoms with E-state index in [2.05, 4.69) is 0 Å². The quantitative estimate of drug-likeness (QED) is 0.427. The van der Waals surface area contributed by atoms with Crippen LogP contribution in [0.15, 0.2) is 0 Å². The maximum Gasteiger partial charge on any atom is 0.230 e. The van der Waals surface area contributed by atoms with E-state index in [1.807, 2.05) is 0 Å². The third-order valence-electron chi connectivity index (χ3n) is 2.01. The number of ether oxygens (including phenoxy) is 2. The molecule has 1 fully saturated rings. The minimum Gasteiger partial charge on any atom is -0.382 e. The molecule has 80 valence electrons. The Labute approximate surface area is 83.0 Å². The molecule has 1 rings (SSSR count). The molecule has 0 spiro atoms. The van der Waals surface area contributed by atoms with Gasteiger partial charge in [-0.05, 0) is 0 Å². The van der Waals surface area contributed by atoms with Crippen LogP contribution in [0.3, 0.4) is 0 Å². The van der Waals surface area contributed by atoms with Gasteiger partial charge in [0.05, 0.1) is 32.8 Å². The van der Waals surface area contributed by atoms with Crippen LogP contribution < -0.4 is 0 Å². The minimum atomic E-state index is -0.0923. The zero-order valence-electron chi connectivity index (χ0n) is 8.32. The lowest BCUT2D eigenvalue weighted by atomic mass is 10.3. The summed E-state index contributed by atoms with van der Waals surface area (Å²) < 4.78 is 9.98. The topological polar surface area (TPSA) is 55.8 Å². The van der Waals surface area contributed by atoms with Crippen molar-refractivity contribution in [2.24, 2.45) is 0 Å². The molecule has 0 aliphatic carbocycles. The van der Waals surface area contributed by atoms with E-state index < -0.39 is 0 Å². The molecular formula is C9H15NO4. The van der Waals surface area contributed by atoms with Gasteiger partial charge in [0, 0.05) is 13.7 Å². The Morgan fingerprint density at radius 1 is 1.29 bits per heavy atom. The molecule has 5 heteroatoms. The highest BCUT2D eigenvalue weighted by Gasteiger charge is 2.26. The number of carbonyl (C=O) groups is 2. The minimum absolute atomic E-state index is 0.00751. The normalized spacial score (nSPS) is 16.8. The number of rotatable bonds is 6. The van der Waals surface area contributed by atoms with Crippen molar-refractivity contribution in [2.75, 3.05) is 40.0 Å². The first-order chi connectivity index (χ1) is 6.74. The zero-order chi connectivity index (χ0) is 10.4. The number of nitrogens with zero attached hydrogens (tertiary/aromatic N) is 1. The number of methoxy groups -OCH3 is 1. The number of amides is 1. The van der Waals surface area contributed by atoms with Gasteiger partial charge < -0.3 is 14.4 Å². The predicted octanol–water partition coefficient (Wildman–Crippen LogP) is -0.549. The van der Waals surface area contributed by atoms with Crippen LogP contribution in [0.4, 0.5) is 0 Å². The van der Waals surface area contributed by atoms with Gasteiger partial charge in [-0.25, -0.2) is 0 Å². The third kappa shape index (κ3) is 3.43. The summed E-state index contributed by atoms with van der Waals surface area (Å²) in [6, 6.07) is 0. The molecule has 14 heavy (non-hydrogen) atoms. The Hall–Kier alpha value is -0.940. The van der Waals surface area contributed by atoms with Crippen LogP contribution in [0.5, 0.6) is 0 Å². The lowest BCUT2D eigenvalue weighted by Crippen LogP contribution is -2.29. The monoisotopic (exact) mass is 201 g/mol. The van der Waals surface area contributed by atoms with Gasteiger partial charge in [-0.15, -0.1) is 0 Å². The van der Waals surface area contributed by atoms with Gasteiger partial charge >= 0.3 is 0 Å². The smallest absolute Gasteiger partial charge is 0.230 e. The molecule has 1 amide bonds. The van der Waals surface area contributed by atoms with Crippen LogP contribution in [0.25, 0.3) is 0 Å². The molecule has 0 atom stereocenters. The van der Waals surface area contributed by atoms with Crippen LogP contribution in [0.1, 0.15) is 6.42 Å². The summed E-state index contributed by atoms with van der Waals surface area (Å²) >= 11 is 0. The van der Waals surface area contributed by atoms with Gasteiger partial charge in [0.1, 0.15) is 0 Å². The molecule has 0 radical (unpaired) electrons. The van der Waals surface area contributed by atoms with Gasteiger partial charge in [-0.3, -0.25) is 9.59 Å². The molecule has 1 saturated heterocycles. The van der Waals surface area contributed by atoms with Crippen molar-refractivity contribution in [3.05, 3.63) is 0 Å². The van der Waals surface area contributed by atoms with E-state index in [9.17, 15) is 9.59 Å². The number of carbonyl (C=O) groups excluding carboxylic acids is 2. The maximum absolute atomic E-state index is 11.1. The van der Waals surface area contributed by atoms with Crippen LogP contribution in [-0.4, -0.2) is 56.6 Å². The number of ketones is 1. The molecule has 0 aromatic heterocycles. The molecule has 1 aliphatic rings. The number of hydrogen-bond acceptors (Lipinski definition) is 4. The summed E-state index contributed by atoms with van der Waals surface area (Å²) in [5.41, 5.74) is 0. The largest absolute Gasteiger partial charge is 0.382 e. The first-order valence-electron chi connectivity index (χ1n) is 4.60. The Kier molecular flexibility index (Phi) is 4.55. The van der Waals surface area contributed by atoms with E-state index in [0.29, 0.717) is 26.4 Å². The SMILES string of the molecule is COCCOCCN1CC(=O)CC1=O. The van der Waals surface area contributed by atoms with E-state index in [-0.39, 0.29) is 24.7 Å². The zero-order valence-corrected chi connectivity index (χ0v) is 8.32. The van der Waals surface area contributed by atoms with Crippen molar-refractivity contribution < 1.29 is 19.1 Å². The van der Waals surface area contributed by atoms with Crippen LogP contribution >= 0.6 is 0 Å². The van der Waals surface area contributed by atoms with Crippen molar-refractivity contribution in [2.45, 2.75) is 6.42 Å². The molecule has 0 aromatic carbocycles. The van der Waals surface area contributed by atoms with Crippen LogP contribution in [0, 0.1) is 0 Å². The summed E-state index contributed by atoms with van der Waals surface area (Å²) in [5, 5.41) is 0. The van der Waals surface area contributed by atoms with Gasteiger partial charge in [0.2, 0.25) is 5.91 Å². The third-order valence-corrected chi connectivity index (χ3v) is 2.01. The fraction of sp³-hybridized carbons (Fsp3) is 0.778. The Balaban J connectivity index is 2.07. The molecule has 0 saturated carbocycles. The second-order valence-corrected chi connectivity index (χ2v) is 3.14. The lowest BCUT2D eigenvalue weighted by molar-refractivity contribution is -0.128. The average molecular weight is 201 g/mol. The number of Topliss-reactive ketones (excluding diaryl/α,β-unsaturated/α-hetero) is 1. The molecule has 0 bridgehead atoms. The maximum atomic E-state index is 11.1. The van der Waals surface area contributed by atoms with E-state index in [1.165, 1.54) is 4.90 Å². The summed E-state index contributed by atoms with van der Waals surface area (Å²) in [7, 11) is 1.60. The van der Waals surface area contributed by atoms with Crippen molar-refractivity contribution in [3.63, 3.8) is 0 Å². The molecule has 1 aliphatic heterocycles. The summed E-state index contributed by atoms with van der Waals surface area (Å²) in [4.78, 5) is 23.5. The predicted molar refractivity (Wildman–Crippen MR) is 48.9 cm³/mol. The Bertz CT molecular complexity index is 217. The molecule has 0 aromatic rings. The molecule has 0 unspecified atom stereocenters. The summed E-state index contributed by atoms with van der Waals surface area (Å²) in [5.74, 6) is -0.0998. The van der Waals surface area contributed by atoms with Gasteiger partial charge in [0.25, 0.3) is 0 Å². The standard InChI is InChI=1S/C9H15NO4/c1-13-4-5-14-3-2-10-7-8(11)6-9(10)12/h2-7H2,1H3. The Morgan fingerprint density at radius 2 is 2.07 bits per heavy atom. The first-order valence-corrected chi connectivity index (χ1v) is 4.60. The highest BCUT2D eigenvalue weighted by molar-refractivity contribution is 6.05. The van der Waals surface area contributed by atoms with Gasteiger partial charge in [-0.1, -0.05) is 0 Å². The van der Waals surface area contributed by atoms with Gasteiger partial charge in [-0.2, -0.15) is 0 Å². The lowest BCUT2D eigenvalue weighted by Gasteiger charge is -2.13. The van der Waals surface area contributed by atoms with E-state index >= 15 is 0 Å². The van der Waals surface area contributed by atoms with Crippen molar-refractivity contribution in [3.8, 4) is 0 Å². The fourth-order valence-corrected chi connectivity index (χ4v) is 1.26. The Morgan fingerprint density at radius 3 is 2.64 bits per heavy atom. The van der Waals surface area contributed by atoms with Crippen LogP contribution in [-0.2, 0) is 19.1 Å². The first kappa shape index (κ1) is 11.1. The number of hydrogen-bond donors (Lipinski definition) is 0. The average Bonchev–Trinajstić information content (AvgIpc) is 2.45. The van der Waals surface area contributed by atoms with E-state index in [1.54, 1.807) is 7.11 Å². The van der Waals surface area contributed by atoms with E-state index in [0.717, 1.165) is 0 Å². The second-order valence-electron chi connectivity index (χ2n) is 3.14. The summed E-state index contributed by atoms with van der Waals surface area (Å²) in [6.45, 7) is 2.27. The molecule has 0 N–H and O–H groups in total. The van der Waals surface area contributed by atoms with Crippen LogP contribution in [0.2, 0.25) is 0 Å². The molecular weight excluding hydrogens is 186 g/mol. The second kappa shape index (κ2) is 5.72. The molecule has 5 nitrogen and oxygen atoms in total.